The smallest absolute Gasteiger partial charge is 0.162 e. The second-order valence-corrected chi connectivity index (χ2v) is 6.38. The Balaban J connectivity index is 1.83. The first-order valence-electron chi connectivity index (χ1n) is 8.10. The summed E-state index contributed by atoms with van der Waals surface area (Å²) in [4.78, 5) is 4.74. The van der Waals surface area contributed by atoms with Crippen LogP contribution in [0.3, 0.4) is 0 Å². The molecule has 1 aliphatic heterocycles. The van der Waals surface area contributed by atoms with Gasteiger partial charge >= 0.3 is 0 Å². The summed E-state index contributed by atoms with van der Waals surface area (Å²) < 4.78 is 10.4. The fourth-order valence-corrected chi connectivity index (χ4v) is 3.20. The SMILES string of the molecule is COCc1cc(CN2CC(N(C)C)CCc3ccccc32)no1. The van der Waals surface area contributed by atoms with Crippen LogP contribution in [0.5, 0.6) is 0 Å². The van der Waals surface area contributed by atoms with Crippen LogP contribution in [0, 0.1) is 0 Å². The molecule has 2 heterocycles. The molecule has 0 bridgehead atoms. The molecule has 3 rings (SSSR count). The van der Waals surface area contributed by atoms with Crippen molar-refractivity contribution >= 4 is 5.69 Å². The third-order valence-corrected chi connectivity index (χ3v) is 4.49. The maximum atomic E-state index is 5.33. The van der Waals surface area contributed by atoms with Crippen molar-refractivity contribution in [1.82, 2.24) is 10.1 Å². The van der Waals surface area contributed by atoms with E-state index in [4.69, 9.17) is 9.26 Å². The monoisotopic (exact) mass is 315 g/mol. The molecule has 1 aliphatic rings. The number of para-hydroxylation sites is 1. The number of aryl methyl sites for hydroxylation is 1. The minimum Gasteiger partial charge on any atom is -0.377 e. The number of anilines is 1. The van der Waals surface area contributed by atoms with Crippen LogP contribution in [0.15, 0.2) is 34.9 Å². The fourth-order valence-electron chi connectivity index (χ4n) is 3.20. The van der Waals surface area contributed by atoms with Crippen LogP contribution in [0.2, 0.25) is 0 Å². The molecular formula is C18H25N3O2. The van der Waals surface area contributed by atoms with E-state index in [0.717, 1.165) is 31.0 Å². The lowest BCUT2D eigenvalue weighted by Gasteiger charge is -2.30. The second-order valence-electron chi connectivity index (χ2n) is 6.38. The zero-order valence-corrected chi connectivity index (χ0v) is 14.2. The molecule has 0 amide bonds. The van der Waals surface area contributed by atoms with Gasteiger partial charge in [-0.1, -0.05) is 23.4 Å². The lowest BCUT2D eigenvalue weighted by molar-refractivity contribution is 0.155. The van der Waals surface area contributed by atoms with E-state index in [0.29, 0.717) is 12.6 Å². The van der Waals surface area contributed by atoms with Crippen molar-refractivity contribution in [3.63, 3.8) is 0 Å². The summed E-state index contributed by atoms with van der Waals surface area (Å²) in [6, 6.07) is 11.2. The van der Waals surface area contributed by atoms with E-state index >= 15 is 0 Å². The van der Waals surface area contributed by atoms with E-state index < -0.39 is 0 Å². The first-order valence-corrected chi connectivity index (χ1v) is 8.10. The molecule has 1 unspecified atom stereocenters. The van der Waals surface area contributed by atoms with Gasteiger partial charge < -0.3 is 19.1 Å². The summed E-state index contributed by atoms with van der Waals surface area (Å²) in [5, 5.41) is 4.19. The molecule has 124 valence electrons. The van der Waals surface area contributed by atoms with Crippen molar-refractivity contribution in [3.05, 3.63) is 47.3 Å². The molecule has 0 spiro atoms. The Morgan fingerprint density at radius 3 is 2.96 bits per heavy atom. The third-order valence-electron chi connectivity index (χ3n) is 4.49. The van der Waals surface area contributed by atoms with E-state index in [1.165, 1.54) is 17.7 Å². The van der Waals surface area contributed by atoms with Gasteiger partial charge in [-0.2, -0.15) is 0 Å². The highest BCUT2D eigenvalue weighted by Gasteiger charge is 2.23. The molecule has 0 saturated heterocycles. The first-order chi connectivity index (χ1) is 11.2. The number of likely N-dealkylation sites (N-methyl/N-ethyl adjacent to an activating group) is 1. The van der Waals surface area contributed by atoms with Gasteiger partial charge in [0, 0.05) is 31.5 Å². The quantitative estimate of drug-likeness (QED) is 0.848. The molecule has 0 radical (unpaired) electrons. The van der Waals surface area contributed by atoms with E-state index in [9.17, 15) is 0 Å². The molecule has 5 heteroatoms. The van der Waals surface area contributed by atoms with Gasteiger partial charge in [0.15, 0.2) is 5.76 Å². The van der Waals surface area contributed by atoms with Gasteiger partial charge in [-0.15, -0.1) is 0 Å². The van der Waals surface area contributed by atoms with Gasteiger partial charge in [-0.3, -0.25) is 0 Å². The molecule has 0 saturated carbocycles. The standard InChI is InChI=1S/C18H25N3O2/c1-20(2)16-9-8-14-6-4-5-7-18(14)21(12-16)11-15-10-17(13-22-3)23-19-15/h4-7,10,16H,8-9,11-13H2,1-3H3. The molecule has 1 aromatic heterocycles. The van der Waals surface area contributed by atoms with Crippen LogP contribution in [0.4, 0.5) is 5.69 Å². The van der Waals surface area contributed by atoms with Gasteiger partial charge in [0.1, 0.15) is 12.3 Å². The van der Waals surface area contributed by atoms with Crippen LogP contribution in [0.1, 0.15) is 23.4 Å². The summed E-state index contributed by atoms with van der Waals surface area (Å²) in [6.45, 7) is 2.22. The maximum absolute atomic E-state index is 5.33. The Morgan fingerprint density at radius 2 is 2.17 bits per heavy atom. The lowest BCUT2D eigenvalue weighted by Crippen LogP contribution is -2.39. The third kappa shape index (κ3) is 3.74. The topological polar surface area (TPSA) is 41.7 Å². The lowest BCUT2D eigenvalue weighted by atomic mass is 10.1. The van der Waals surface area contributed by atoms with Crippen molar-refractivity contribution < 1.29 is 9.26 Å². The van der Waals surface area contributed by atoms with E-state index in [1.807, 2.05) is 6.07 Å². The van der Waals surface area contributed by atoms with Crippen molar-refractivity contribution in [3.8, 4) is 0 Å². The number of hydrogen-bond donors (Lipinski definition) is 0. The molecule has 1 aromatic carbocycles. The number of methoxy groups -OCH3 is 1. The predicted octanol–water partition coefficient (Wildman–Crippen LogP) is 2.70. The van der Waals surface area contributed by atoms with Gasteiger partial charge in [-0.05, 0) is 38.6 Å². The van der Waals surface area contributed by atoms with Crippen LogP contribution >= 0.6 is 0 Å². The molecule has 23 heavy (non-hydrogen) atoms. The summed E-state index contributed by atoms with van der Waals surface area (Å²) in [5.74, 6) is 0.773. The molecule has 0 N–H and O–H groups in total. The molecular weight excluding hydrogens is 290 g/mol. The molecule has 0 fully saturated rings. The van der Waals surface area contributed by atoms with Crippen molar-refractivity contribution in [1.29, 1.82) is 0 Å². The summed E-state index contributed by atoms with van der Waals surface area (Å²) >= 11 is 0. The molecule has 5 nitrogen and oxygen atoms in total. The van der Waals surface area contributed by atoms with Crippen LogP contribution in [-0.4, -0.2) is 43.8 Å². The van der Waals surface area contributed by atoms with Gasteiger partial charge in [0.2, 0.25) is 0 Å². The summed E-state index contributed by atoms with van der Waals surface area (Å²) in [6.07, 6.45) is 2.29. The van der Waals surface area contributed by atoms with E-state index in [1.54, 1.807) is 7.11 Å². The Hall–Kier alpha value is -1.85. The number of nitrogens with zero attached hydrogens (tertiary/aromatic N) is 3. The first kappa shape index (κ1) is 16.0. The Labute approximate surface area is 137 Å². The fraction of sp³-hybridized carbons (Fsp3) is 0.500. The maximum Gasteiger partial charge on any atom is 0.162 e. The number of ether oxygens (including phenoxy) is 1. The number of fused-ring (bicyclic) bond motifs is 1. The number of rotatable bonds is 5. The van der Waals surface area contributed by atoms with Crippen LogP contribution in [0.25, 0.3) is 0 Å². The van der Waals surface area contributed by atoms with Gasteiger partial charge in [0.25, 0.3) is 0 Å². The number of aromatic nitrogens is 1. The largest absolute Gasteiger partial charge is 0.377 e. The second kappa shape index (κ2) is 7.15. The summed E-state index contributed by atoms with van der Waals surface area (Å²) in [7, 11) is 5.98. The molecule has 1 atom stereocenters. The molecule has 2 aromatic rings. The van der Waals surface area contributed by atoms with Crippen LogP contribution in [-0.2, 0) is 24.3 Å². The van der Waals surface area contributed by atoms with Crippen molar-refractivity contribution in [2.75, 3.05) is 32.6 Å². The minimum absolute atomic E-state index is 0.462. The average Bonchev–Trinajstić information content (AvgIpc) is 2.89. The Morgan fingerprint density at radius 1 is 1.35 bits per heavy atom. The normalized spacial score (nSPS) is 18.1. The highest BCUT2D eigenvalue weighted by molar-refractivity contribution is 5.55. The summed E-state index contributed by atoms with van der Waals surface area (Å²) in [5.41, 5.74) is 3.68. The highest BCUT2D eigenvalue weighted by atomic mass is 16.5. The van der Waals surface area contributed by atoms with Crippen molar-refractivity contribution in [2.24, 2.45) is 0 Å². The minimum atomic E-state index is 0.462. The zero-order chi connectivity index (χ0) is 16.2. The Bertz CT molecular complexity index is 639. The number of hydrogen-bond acceptors (Lipinski definition) is 5. The average molecular weight is 315 g/mol. The number of benzene rings is 1. The van der Waals surface area contributed by atoms with Gasteiger partial charge in [0.05, 0.1) is 6.54 Å². The van der Waals surface area contributed by atoms with Gasteiger partial charge in [-0.25, -0.2) is 0 Å². The highest BCUT2D eigenvalue weighted by Crippen LogP contribution is 2.28. The van der Waals surface area contributed by atoms with E-state index in [2.05, 4.69) is 53.3 Å². The molecule has 0 aliphatic carbocycles. The zero-order valence-electron chi connectivity index (χ0n) is 14.2. The van der Waals surface area contributed by atoms with Crippen LogP contribution < -0.4 is 4.90 Å². The predicted molar refractivity (Wildman–Crippen MR) is 90.5 cm³/mol. The Kier molecular flexibility index (Phi) is 4.98. The van der Waals surface area contributed by atoms with E-state index in [-0.39, 0.29) is 0 Å². The van der Waals surface area contributed by atoms with Crippen molar-refractivity contribution in [2.45, 2.75) is 32.0 Å².